The van der Waals surface area contributed by atoms with Gasteiger partial charge in [0, 0.05) is 17.3 Å². The topological polar surface area (TPSA) is 66.4 Å². The molecule has 0 aliphatic heterocycles. The van der Waals surface area contributed by atoms with Crippen LogP contribution in [0.25, 0.3) is 0 Å². The summed E-state index contributed by atoms with van der Waals surface area (Å²) in [4.78, 5) is 23.6. The maximum absolute atomic E-state index is 12.1. The summed E-state index contributed by atoms with van der Waals surface area (Å²) in [5.41, 5.74) is 2.84. The fourth-order valence-electron chi connectivity index (χ4n) is 2.11. The van der Waals surface area contributed by atoms with Crippen LogP contribution in [0.5, 0.6) is 0 Å². The average molecular weight is 295 g/mol. The second kappa shape index (κ2) is 6.72. The SMILES string of the molecule is Cc1cccc(C)c1NC(=CC(=O)c1ccccc1)C(=O)O. The minimum absolute atomic E-state index is 0.147. The van der Waals surface area contributed by atoms with Crippen molar-refractivity contribution in [1.82, 2.24) is 0 Å². The number of aryl methyl sites for hydroxylation is 2. The van der Waals surface area contributed by atoms with Crippen molar-refractivity contribution < 1.29 is 14.7 Å². The number of hydrogen-bond donors (Lipinski definition) is 2. The van der Waals surface area contributed by atoms with Crippen LogP contribution in [-0.2, 0) is 4.79 Å². The minimum Gasteiger partial charge on any atom is -0.477 e. The first-order valence-electron chi connectivity index (χ1n) is 6.86. The number of nitrogens with one attached hydrogen (secondary N) is 1. The summed E-state index contributed by atoms with van der Waals surface area (Å²) in [6.07, 6.45) is 1.11. The van der Waals surface area contributed by atoms with E-state index in [1.807, 2.05) is 32.0 Å². The fraction of sp³-hybridized carbons (Fsp3) is 0.111. The monoisotopic (exact) mass is 295 g/mol. The number of carbonyl (C=O) groups excluding carboxylic acids is 1. The number of benzene rings is 2. The van der Waals surface area contributed by atoms with E-state index in [1.54, 1.807) is 30.3 Å². The zero-order valence-electron chi connectivity index (χ0n) is 12.5. The molecule has 2 N–H and O–H groups in total. The molecule has 112 valence electrons. The lowest BCUT2D eigenvalue weighted by Gasteiger charge is -2.12. The molecule has 0 fully saturated rings. The third-order valence-electron chi connectivity index (χ3n) is 3.30. The molecule has 22 heavy (non-hydrogen) atoms. The van der Waals surface area contributed by atoms with Crippen LogP contribution in [0.4, 0.5) is 5.69 Å². The van der Waals surface area contributed by atoms with Gasteiger partial charge in [0.1, 0.15) is 5.70 Å². The Labute approximate surface area is 129 Å². The summed E-state index contributed by atoms with van der Waals surface area (Å²) < 4.78 is 0. The lowest BCUT2D eigenvalue weighted by Crippen LogP contribution is -2.14. The number of allylic oxidation sites excluding steroid dienone is 1. The van der Waals surface area contributed by atoms with Crippen molar-refractivity contribution in [2.45, 2.75) is 13.8 Å². The maximum Gasteiger partial charge on any atom is 0.352 e. The lowest BCUT2D eigenvalue weighted by atomic mass is 10.1. The van der Waals surface area contributed by atoms with Crippen molar-refractivity contribution in [2.24, 2.45) is 0 Å². The number of carboxylic acids is 1. The summed E-state index contributed by atoms with van der Waals surface area (Å²) in [5.74, 6) is -1.52. The molecule has 0 amide bonds. The molecule has 0 aromatic heterocycles. The van der Waals surface area contributed by atoms with Crippen molar-refractivity contribution in [3.63, 3.8) is 0 Å². The van der Waals surface area contributed by atoms with Crippen LogP contribution < -0.4 is 5.32 Å². The molecule has 0 spiro atoms. The van der Waals surface area contributed by atoms with Gasteiger partial charge in [-0.15, -0.1) is 0 Å². The van der Waals surface area contributed by atoms with Crippen molar-refractivity contribution in [1.29, 1.82) is 0 Å². The van der Waals surface area contributed by atoms with Gasteiger partial charge in [0.2, 0.25) is 0 Å². The molecule has 2 aromatic carbocycles. The van der Waals surface area contributed by atoms with Crippen LogP contribution in [-0.4, -0.2) is 16.9 Å². The number of ketones is 1. The number of hydrogen-bond acceptors (Lipinski definition) is 3. The molecule has 0 aliphatic rings. The van der Waals surface area contributed by atoms with Gasteiger partial charge in [0.25, 0.3) is 0 Å². The number of anilines is 1. The molecule has 0 atom stereocenters. The van der Waals surface area contributed by atoms with Crippen LogP contribution >= 0.6 is 0 Å². The highest BCUT2D eigenvalue weighted by Gasteiger charge is 2.13. The van der Waals surface area contributed by atoms with Gasteiger partial charge in [-0.05, 0) is 25.0 Å². The van der Waals surface area contributed by atoms with Crippen molar-refractivity contribution in [3.8, 4) is 0 Å². The van der Waals surface area contributed by atoms with Gasteiger partial charge in [0.15, 0.2) is 5.78 Å². The second-order valence-corrected chi connectivity index (χ2v) is 4.99. The molecule has 2 rings (SSSR count). The van der Waals surface area contributed by atoms with E-state index in [0.29, 0.717) is 11.3 Å². The zero-order chi connectivity index (χ0) is 16.1. The van der Waals surface area contributed by atoms with E-state index >= 15 is 0 Å². The number of carboxylic acid groups (broad SMARTS) is 1. The summed E-state index contributed by atoms with van der Waals surface area (Å²) in [7, 11) is 0. The number of aliphatic carboxylic acids is 1. The highest BCUT2D eigenvalue weighted by molar-refractivity contribution is 6.09. The van der Waals surface area contributed by atoms with E-state index in [0.717, 1.165) is 17.2 Å². The Kier molecular flexibility index (Phi) is 4.73. The standard InChI is InChI=1S/C18H17NO3/c1-12-7-6-8-13(2)17(12)19-15(18(21)22)11-16(20)14-9-4-3-5-10-14/h3-11,19H,1-2H3,(H,21,22). The van der Waals surface area contributed by atoms with E-state index in [1.165, 1.54) is 0 Å². The van der Waals surface area contributed by atoms with Gasteiger partial charge in [0.05, 0.1) is 0 Å². The van der Waals surface area contributed by atoms with Gasteiger partial charge in [-0.2, -0.15) is 0 Å². The number of rotatable bonds is 5. The largest absolute Gasteiger partial charge is 0.477 e. The third-order valence-corrected chi connectivity index (χ3v) is 3.30. The Morgan fingerprint density at radius 1 is 0.955 bits per heavy atom. The average Bonchev–Trinajstić information content (AvgIpc) is 2.50. The number of carbonyl (C=O) groups is 2. The van der Waals surface area contributed by atoms with Crippen molar-refractivity contribution in [2.75, 3.05) is 5.32 Å². The Balaban J connectivity index is 2.33. The summed E-state index contributed by atoms with van der Waals surface area (Å²) in [6, 6.07) is 14.2. The van der Waals surface area contributed by atoms with Gasteiger partial charge < -0.3 is 10.4 Å². The molecule has 0 unspecified atom stereocenters. The minimum atomic E-state index is -1.17. The Morgan fingerprint density at radius 3 is 2.09 bits per heavy atom. The zero-order valence-corrected chi connectivity index (χ0v) is 12.5. The molecular weight excluding hydrogens is 278 g/mol. The predicted octanol–water partition coefficient (Wildman–Crippen LogP) is 3.57. The molecule has 0 radical (unpaired) electrons. The molecule has 4 nitrogen and oxygen atoms in total. The van der Waals surface area contributed by atoms with Crippen molar-refractivity contribution in [3.05, 3.63) is 77.0 Å². The summed E-state index contributed by atoms with van der Waals surface area (Å²) in [5, 5.41) is 12.2. The highest BCUT2D eigenvalue weighted by Crippen LogP contribution is 2.21. The molecule has 4 heteroatoms. The van der Waals surface area contributed by atoms with Crippen molar-refractivity contribution >= 4 is 17.4 Å². The van der Waals surface area contributed by atoms with E-state index in [2.05, 4.69) is 5.32 Å². The van der Waals surface area contributed by atoms with E-state index in [9.17, 15) is 14.7 Å². The first-order valence-corrected chi connectivity index (χ1v) is 6.86. The quantitative estimate of drug-likeness (QED) is 0.653. The Hall–Kier alpha value is -2.88. The second-order valence-electron chi connectivity index (χ2n) is 4.99. The molecule has 0 saturated heterocycles. The summed E-state index contributed by atoms with van der Waals surface area (Å²) >= 11 is 0. The Morgan fingerprint density at radius 2 is 1.55 bits per heavy atom. The van der Waals surface area contributed by atoms with Gasteiger partial charge >= 0.3 is 5.97 Å². The van der Waals surface area contributed by atoms with Crippen LogP contribution in [0.3, 0.4) is 0 Å². The van der Waals surface area contributed by atoms with E-state index in [-0.39, 0.29) is 11.5 Å². The predicted molar refractivity (Wildman–Crippen MR) is 86.0 cm³/mol. The Bertz CT molecular complexity index is 713. The molecule has 2 aromatic rings. The van der Waals surface area contributed by atoms with Gasteiger partial charge in [-0.1, -0.05) is 48.5 Å². The van der Waals surface area contributed by atoms with Crippen LogP contribution in [0.1, 0.15) is 21.5 Å². The highest BCUT2D eigenvalue weighted by atomic mass is 16.4. The van der Waals surface area contributed by atoms with Gasteiger partial charge in [-0.25, -0.2) is 4.79 Å². The molecule has 0 aliphatic carbocycles. The van der Waals surface area contributed by atoms with E-state index < -0.39 is 5.97 Å². The normalized spacial score (nSPS) is 11.1. The van der Waals surface area contributed by atoms with Crippen LogP contribution in [0.2, 0.25) is 0 Å². The fourth-order valence-corrected chi connectivity index (χ4v) is 2.11. The van der Waals surface area contributed by atoms with Crippen LogP contribution in [0.15, 0.2) is 60.3 Å². The molecule has 0 bridgehead atoms. The van der Waals surface area contributed by atoms with Gasteiger partial charge in [-0.3, -0.25) is 4.79 Å². The first-order chi connectivity index (χ1) is 10.5. The molecule has 0 saturated carbocycles. The third kappa shape index (κ3) is 3.61. The van der Waals surface area contributed by atoms with E-state index in [4.69, 9.17) is 0 Å². The molecular formula is C18H17NO3. The smallest absolute Gasteiger partial charge is 0.352 e. The first kappa shape index (κ1) is 15.5. The van der Waals surface area contributed by atoms with Crippen LogP contribution in [0, 0.1) is 13.8 Å². The number of para-hydroxylation sites is 1. The maximum atomic E-state index is 12.1. The lowest BCUT2D eigenvalue weighted by molar-refractivity contribution is -0.132. The molecule has 0 heterocycles. The summed E-state index contributed by atoms with van der Waals surface area (Å²) in [6.45, 7) is 3.77.